The molecule has 0 radical (unpaired) electrons. The van der Waals surface area contributed by atoms with Crippen LogP contribution in [0.4, 0.5) is 0 Å². The number of amides is 1. The molecule has 3 aliphatic rings. The van der Waals surface area contributed by atoms with Crippen molar-refractivity contribution in [1.82, 2.24) is 14.7 Å². The molecule has 1 aliphatic heterocycles. The molecule has 1 spiro atoms. The Morgan fingerprint density at radius 1 is 1.13 bits per heavy atom. The van der Waals surface area contributed by atoms with Crippen molar-refractivity contribution in [2.45, 2.75) is 74.4 Å². The van der Waals surface area contributed by atoms with Gasteiger partial charge in [0.15, 0.2) is 6.35 Å². The topological polar surface area (TPSA) is 93.3 Å². The Labute approximate surface area is 185 Å². The molecule has 1 aromatic rings. The van der Waals surface area contributed by atoms with E-state index >= 15 is 0 Å². The highest BCUT2D eigenvalue weighted by Gasteiger charge is 2.56. The summed E-state index contributed by atoms with van der Waals surface area (Å²) in [5.41, 5.74) is 5.78. The Hall–Kier alpha value is -1.51. The highest BCUT2D eigenvalue weighted by molar-refractivity contribution is 5.73. The molecule has 2 aliphatic carbocycles. The van der Waals surface area contributed by atoms with Crippen LogP contribution in [0.2, 0.25) is 0 Å². The molecule has 1 atom stereocenters. The second kappa shape index (κ2) is 8.45. The maximum atomic E-state index is 11.4. The third-order valence-corrected chi connectivity index (χ3v) is 8.28. The average Bonchev–Trinajstić information content (AvgIpc) is 2.98. The smallest absolute Gasteiger partial charge is 0.218 e. The van der Waals surface area contributed by atoms with Gasteiger partial charge in [-0.2, -0.15) is 0 Å². The summed E-state index contributed by atoms with van der Waals surface area (Å²) in [6.07, 6.45) is 5.89. The van der Waals surface area contributed by atoms with E-state index < -0.39 is 12.0 Å². The number of primary amides is 1. The van der Waals surface area contributed by atoms with Gasteiger partial charge in [-0.25, -0.2) is 0 Å². The van der Waals surface area contributed by atoms with Crippen molar-refractivity contribution in [2.24, 2.45) is 5.73 Å². The van der Waals surface area contributed by atoms with E-state index in [4.69, 9.17) is 5.73 Å². The number of carbonyl (C=O) groups excluding carboxylic acids is 1. The monoisotopic (exact) mass is 430 g/mol. The molecule has 31 heavy (non-hydrogen) atoms. The first kappa shape index (κ1) is 22.7. The van der Waals surface area contributed by atoms with Gasteiger partial charge in [-0.1, -0.05) is 30.3 Å². The van der Waals surface area contributed by atoms with Crippen molar-refractivity contribution in [3.63, 3.8) is 0 Å². The van der Waals surface area contributed by atoms with Crippen molar-refractivity contribution in [3.05, 3.63) is 35.9 Å². The van der Waals surface area contributed by atoms with Crippen LogP contribution >= 0.6 is 0 Å². The van der Waals surface area contributed by atoms with Gasteiger partial charge >= 0.3 is 0 Å². The Morgan fingerprint density at radius 3 is 2.29 bits per heavy atom. The summed E-state index contributed by atoms with van der Waals surface area (Å²) in [5, 5.41) is 22.1. The van der Waals surface area contributed by atoms with Gasteiger partial charge < -0.3 is 15.9 Å². The fraction of sp³-hybridized carbons (Fsp3) is 0.708. The molecular weight excluding hydrogens is 392 g/mol. The molecule has 4 rings (SSSR count). The number of carbonyl (C=O) groups is 1. The molecule has 7 heteroatoms. The Bertz CT molecular complexity index is 772. The summed E-state index contributed by atoms with van der Waals surface area (Å²) in [5.74, 6) is -0.350. The lowest BCUT2D eigenvalue weighted by Gasteiger charge is -2.53. The molecular formula is C24H38N4O3. The molecule has 172 valence electrons. The van der Waals surface area contributed by atoms with E-state index in [1.54, 1.807) is 0 Å². The van der Waals surface area contributed by atoms with Crippen LogP contribution in [0.25, 0.3) is 0 Å². The molecule has 7 nitrogen and oxygen atoms in total. The van der Waals surface area contributed by atoms with Gasteiger partial charge in [0.1, 0.15) is 0 Å². The molecule has 1 saturated heterocycles. The Kier molecular flexibility index (Phi) is 6.18. The van der Waals surface area contributed by atoms with Crippen LogP contribution in [0.15, 0.2) is 30.3 Å². The first-order valence-electron chi connectivity index (χ1n) is 11.6. The minimum absolute atomic E-state index is 0.0306. The highest BCUT2D eigenvalue weighted by Crippen LogP contribution is 2.50. The van der Waals surface area contributed by atoms with Crippen LogP contribution in [0.1, 0.15) is 56.9 Å². The predicted octanol–water partition coefficient (Wildman–Crippen LogP) is 1.44. The predicted molar refractivity (Wildman–Crippen MR) is 120 cm³/mol. The van der Waals surface area contributed by atoms with Crippen molar-refractivity contribution < 1.29 is 15.0 Å². The standard InChI is InChI=1S/C24H38N4O3/c1-26(2)24(19-7-4-3-5-8-19)14-12-22(13-15-24)17-27(16-9-20(25)29)21(30)28(22)18-23(31)10-6-11-23/h3-5,7-8,21,30-31H,6,9-18H2,1-2H3,(H2,25,29)/t21?,22-,24+. The minimum Gasteiger partial charge on any atom is -0.389 e. The summed E-state index contributed by atoms with van der Waals surface area (Å²) in [6, 6.07) is 10.7. The third-order valence-electron chi connectivity index (χ3n) is 8.28. The summed E-state index contributed by atoms with van der Waals surface area (Å²) in [6.45, 7) is 1.64. The lowest BCUT2D eigenvalue weighted by molar-refractivity contribution is -0.144. The number of aliphatic hydroxyl groups excluding tert-OH is 1. The number of β-amino-alcohol motifs (C(OH)–C–C–N with tert-alkyl or cyclic N) is 1. The minimum atomic E-state index is -0.785. The van der Waals surface area contributed by atoms with E-state index in [0.29, 0.717) is 19.6 Å². The van der Waals surface area contributed by atoms with Gasteiger partial charge in [0, 0.05) is 37.1 Å². The molecule has 0 bridgehead atoms. The fourth-order valence-electron chi connectivity index (χ4n) is 6.07. The summed E-state index contributed by atoms with van der Waals surface area (Å²) in [7, 11) is 4.31. The third kappa shape index (κ3) is 4.14. The molecule has 2 saturated carbocycles. The number of benzene rings is 1. The van der Waals surface area contributed by atoms with Gasteiger partial charge in [0.25, 0.3) is 0 Å². The average molecular weight is 431 g/mol. The van der Waals surface area contributed by atoms with Crippen molar-refractivity contribution in [3.8, 4) is 0 Å². The zero-order chi connectivity index (χ0) is 22.3. The van der Waals surface area contributed by atoms with Crippen molar-refractivity contribution >= 4 is 5.91 Å². The quantitative estimate of drug-likeness (QED) is 0.606. The molecule has 4 N–H and O–H groups in total. The summed E-state index contributed by atoms with van der Waals surface area (Å²) < 4.78 is 0. The van der Waals surface area contributed by atoms with Gasteiger partial charge in [0.05, 0.1) is 5.60 Å². The molecule has 1 unspecified atom stereocenters. The number of nitrogens with zero attached hydrogens (tertiary/aromatic N) is 3. The second-order valence-corrected chi connectivity index (χ2v) is 10.3. The van der Waals surface area contributed by atoms with E-state index in [1.807, 2.05) is 4.90 Å². The van der Waals surface area contributed by atoms with E-state index in [2.05, 4.69) is 54.2 Å². The van der Waals surface area contributed by atoms with Gasteiger partial charge in [-0.3, -0.25) is 19.5 Å². The van der Waals surface area contributed by atoms with Gasteiger partial charge in [-0.05, 0) is 64.6 Å². The second-order valence-electron chi connectivity index (χ2n) is 10.3. The van der Waals surface area contributed by atoms with Gasteiger partial charge in [-0.15, -0.1) is 0 Å². The van der Waals surface area contributed by atoms with Gasteiger partial charge in [0.2, 0.25) is 5.91 Å². The molecule has 3 fully saturated rings. The molecule has 1 heterocycles. The number of nitrogens with two attached hydrogens (primary N) is 1. The van der Waals surface area contributed by atoms with Crippen LogP contribution in [0.3, 0.4) is 0 Å². The highest BCUT2D eigenvalue weighted by atomic mass is 16.3. The number of hydrogen-bond donors (Lipinski definition) is 3. The lowest BCUT2D eigenvalue weighted by atomic mass is 9.67. The maximum absolute atomic E-state index is 11.4. The van der Waals surface area contributed by atoms with E-state index in [0.717, 1.165) is 44.9 Å². The largest absolute Gasteiger partial charge is 0.389 e. The summed E-state index contributed by atoms with van der Waals surface area (Å²) >= 11 is 0. The van der Waals surface area contributed by atoms with Crippen LogP contribution in [-0.2, 0) is 10.3 Å². The van der Waals surface area contributed by atoms with Crippen molar-refractivity contribution in [1.29, 1.82) is 0 Å². The zero-order valence-corrected chi connectivity index (χ0v) is 19.0. The normalized spacial score (nSPS) is 33.6. The van der Waals surface area contributed by atoms with Crippen LogP contribution in [0.5, 0.6) is 0 Å². The number of rotatable bonds is 7. The van der Waals surface area contributed by atoms with Crippen LogP contribution < -0.4 is 5.73 Å². The first-order chi connectivity index (χ1) is 14.7. The van der Waals surface area contributed by atoms with E-state index in [9.17, 15) is 15.0 Å². The summed E-state index contributed by atoms with van der Waals surface area (Å²) in [4.78, 5) is 17.8. The van der Waals surface area contributed by atoms with Crippen LogP contribution in [-0.4, -0.2) is 82.0 Å². The lowest BCUT2D eigenvalue weighted by Crippen LogP contribution is -2.60. The number of hydrogen-bond acceptors (Lipinski definition) is 6. The number of aliphatic hydroxyl groups is 2. The Morgan fingerprint density at radius 2 is 1.77 bits per heavy atom. The molecule has 1 aromatic carbocycles. The zero-order valence-electron chi connectivity index (χ0n) is 19.0. The maximum Gasteiger partial charge on any atom is 0.218 e. The van der Waals surface area contributed by atoms with Crippen molar-refractivity contribution in [2.75, 3.05) is 33.7 Å². The van der Waals surface area contributed by atoms with Crippen LogP contribution in [0, 0.1) is 0 Å². The van der Waals surface area contributed by atoms with E-state index in [-0.39, 0.29) is 23.4 Å². The molecule has 1 amide bonds. The fourth-order valence-corrected chi connectivity index (χ4v) is 6.07. The SMILES string of the molecule is CN(C)[C@]1(c2ccccc2)CC[C@]2(CC1)CN(CCC(N)=O)C(O)N2CC1(O)CCC1. The Balaban J connectivity index is 1.58. The van der Waals surface area contributed by atoms with E-state index in [1.165, 1.54) is 5.56 Å². The molecule has 0 aromatic heterocycles. The first-order valence-corrected chi connectivity index (χ1v) is 11.6.